The highest BCUT2D eigenvalue weighted by molar-refractivity contribution is 5.66. The first-order chi connectivity index (χ1) is 10.5. The number of nitrogens with zero attached hydrogens (tertiary/aromatic N) is 2. The van der Waals surface area contributed by atoms with Gasteiger partial charge in [-0.15, -0.1) is 0 Å². The molecule has 0 saturated heterocycles. The van der Waals surface area contributed by atoms with Crippen molar-refractivity contribution in [3.63, 3.8) is 0 Å². The number of halogens is 1. The van der Waals surface area contributed by atoms with Crippen LogP contribution in [-0.2, 0) is 11.3 Å². The van der Waals surface area contributed by atoms with Crippen LogP contribution >= 0.6 is 0 Å². The van der Waals surface area contributed by atoms with Crippen LogP contribution < -0.4 is 5.56 Å². The van der Waals surface area contributed by atoms with Gasteiger partial charge in [0.2, 0.25) is 0 Å². The highest BCUT2D eigenvalue weighted by Crippen LogP contribution is 2.19. The van der Waals surface area contributed by atoms with Crippen LogP contribution in [0, 0.1) is 17.1 Å². The third-order valence-corrected chi connectivity index (χ3v) is 3.21. The molecule has 1 aromatic heterocycles. The summed E-state index contributed by atoms with van der Waals surface area (Å²) < 4.78 is 14.4. The summed E-state index contributed by atoms with van der Waals surface area (Å²) in [6.45, 7) is 0.174. The normalized spacial score (nSPS) is 10.2. The van der Waals surface area contributed by atoms with Crippen LogP contribution in [-0.4, -0.2) is 15.6 Å². The van der Waals surface area contributed by atoms with E-state index in [2.05, 4.69) is 0 Å². The van der Waals surface area contributed by atoms with Gasteiger partial charge in [-0.3, -0.25) is 9.59 Å². The summed E-state index contributed by atoms with van der Waals surface area (Å²) >= 11 is 0. The molecular weight excluding hydrogens is 287 g/mol. The summed E-state index contributed by atoms with van der Waals surface area (Å²) in [5.74, 6) is -1.34. The molecule has 0 aliphatic heterocycles. The Morgan fingerprint density at radius 2 is 1.91 bits per heavy atom. The molecular formula is C16H13FN2O3. The topological polar surface area (TPSA) is 83.1 Å². The van der Waals surface area contributed by atoms with Gasteiger partial charge in [0.1, 0.15) is 17.4 Å². The van der Waals surface area contributed by atoms with Crippen LogP contribution in [0.15, 0.2) is 41.2 Å². The van der Waals surface area contributed by atoms with E-state index in [4.69, 9.17) is 10.4 Å². The molecule has 1 aromatic carbocycles. The SMILES string of the molecule is N#Cc1ccc(-c2ccc(F)cc2)n(CCCC(=O)O)c1=O. The van der Waals surface area contributed by atoms with Gasteiger partial charge in [-0.05, 0) is 48.4 Å². The number of benzene rings is 1. The molecule has 1 N–H and O–H groups in total. The molecule has 0 atom stereocenters. The van der Waals surface area contributed by atoms with Gasteiger partial charge >= 0.3 is 5.97 Å². The number of nitriles is 1. The van der Waals surface area contributed by atoms with E-state index in [1.165, 1.54) is 34.9 Å². The molecule has 0 aliphatic rings. The summed E-state index contributed by atoms with van der Waals surface area (Å²) in [6.07, 6.45) is 0.185. The van der Waals surface area contributed by atoms with Gasteiger partial charge in [0.15, 0.2) is 0 Å². The van der Waals surface area contributed by atoms with E-state index in [1.54, 1.807) is 6.07 Å². The number of pyridine rings is 1. The molecule has 0 spiro atoms. The first kappa shape index (κ1) is 15.4. The van der Waals surface area contributed by atoms with Gasteiger partial charge in [-0.2, -0.15) is 5.26 Å². The van der Waals surface area contributed by atoms with Crippen LogP contribution in [0.3, 0.4) is 0 Å². The van der Waals surface area contributed by atoms with Crippen molar-refractivity contribution in [3.8, 4) is 17.3 Å². The molecule has 0 aliphatic carbocycles. The Morgan fingerprint density at radius 1 is 1.23 bits per heavy atom. The second-order valence-corrected chi connectivity index (χ2v) is 4.71. The van der Waals surface area contributed by atoms with Crippen LogP contribution in [0.5, 0.6) is 0 Å². The monoisotopic (exact) mass is 300 g/mol. The molecule has 0 fully saturated rings. The number of carbonyl (C=O) groups is 1. The summed E-state index contributed by atoms with van der Waals surface area (Å²) in [5, 5.41) is 17.6. The third-order valence-electron chi connectivity index (χ3n) is 3.21. The first-order valence-electron chi connectivity index (χ1n) is 6.64. The lowest BCUT2D eigenvalue weighted by atomic mass is 10.1. The molecule has 2 rings (SSSR count). The molecule has 0 unspecified atom stereocenters. The Morgan fingerprint density at radius 3 is 2.50 bits per heavy atom. The molecule has 1 heterocycles. The number of hydrogen-bond acceptors (Lipinski definition) is 3. The maximum atomic E-state index is 13.0. The number of hydrogen-bond donors (Lipinski definition) is 1. The first-order valence-corrected chi connectivity index (χ1v) is 6.64. The molecule has 22 heavy (non-hydrogen) atoms. The second-order valence-electron chi connectivity index (χ2n) is 4.71. The predicted molar refractivity (Wildman–Crippen MR) is 77.7 cm³/mol. The van der Waals surface area contributed by atoms with E-state index in [9.17, 15) is 14.0 Å². The average molecular weight is 300 g/mol. The zero-order valence-electron chi connectivity index (χ0n) is 11.6. The maximum absolute atomic E-state index is 13.0. The highest BCUT2D eigenvalue weighted by Gasteiger charge is 2.11. The van der Waals surface area contributed by atoms with Gasteiger partial charge in [-0.1, -0.05) is 0 Å². The fourth-order valence-electron chi connectivity index (χ4n) is 2.15. The van der Waals surface area contributed by atoms with Crippen LogP contribution in [0.1, 0.15) is 18.4 Å². The van der Waals surface area contributed by atoms with Crippen molar-refractivity contribution in [3.05, 3.63) is 58.1 Å². The Balaban J connectivity index is 2.46. The van der Waals surface area contributed by atoms with Crippen molar-refractivity contribution in [1.82, 2.24) is 4.57 Å². The Bertz CT molecular complexity index is 789. The molecule has 0 radical (unpaired) electrons. The predicted octanol–water partition coefficient (Wildman–Crippen LogP) is 2.39. The molecule has 0 amide bonds. The molecule has 112 valence electrons. The highest BCUT2D eigenvalue weighted by atomic mass is 19.1. The largest absolute Gasteiger partial charge is 0.481 e. The standard InChI is InChI=1S/C16H13FN2O3/c17-13-6-3-11(4-7-13)14-8-5-12(10-18)16(22)19(14)9-1-2-15(20)21/h3-8H,1-2,9H2,(H,20,21). The minimum absolute atomic E-state index is 0.0128. The Labute approximate surface area is 125 Å². The molecule has 0 bridgehead atoms. The lowest BCUT2D eigenvalue weighted by Crippen LogP contribution is -2.24. The van der Waals surface area contributed by atoms with Gasteiger partial charge in [0.25, 0.3) is 5.56 Å². The van der Waals surface area contributed by atoms with E-state index >= 15 is 0 Å². The van der Waals surface area contributed by atoms with Crippen molar-refractivity contribution in [2.24, 2.45) is 0 Å². The summed E-state index contributed by atoms with van der Waals surface area (Å²) in [4.78, 5) is 22.9. The van der Waals surface area contributed by atoms with Crippen molar-refractivity contribution in [1.29, 1.82) is 5.26 Å². The Kier molecular flexibility index (Phi) is 4.69. The van der Waals surface area contributed by atoms with E-state index < -0.39 is 17.3 Å². The van der Waals surface area contributed by atoms with Crippen LogP contribution in [0.2, 0.25) is 0 Å². The fraction of sp³-hybridized carbons (Fsp3) is 0.188. The molecule has 5 nitrogen and oxygen atoms in total. The van der Waals surface area contributed by atoms with Crippen molar-refractivity contribution >= 4 is 5.97 Å². The number of rotatable bonds is 5. The lowest BCUT2D eigenvalue weighted by Gasteiger charge is -2.13. The van der Waals surface area contributed by atoms with E-state index in [-0.39, 0.29) is 24.9 Å². The number of aliphatic carboxylic acids is 1. The van der Waals surface area contributed by atoms with Crippen molar-refractivity contribution in [2.75, 3.05) is 0 Å². The summed E-state index contributed by atoms with van der Waals surface area (Å²) in [6, 6.07) is 10.4. The minimum Gasteiger partial charge on any atom is -0.481 e. The second kappa shape index (κ2) is 6.68. The average Bonchev–Trinajstić information content (AvgIpc) is 2.49. The van der Waals surface area contributed by atoms with Gasteiger partial charge in [-0.25, -0.2) is 4.39 Å². The minimum atomic E-state index is -0.951. The number of carboxylic acid groups (broad SMARTS) is 1. The molecule has 0 saturated carbocycles. The maximum Gasteiger partial charge on any atom is 0.303 e. The van der Waals surface area contributed by atoms with Crippen molar-refractivity contribution < 1.29 is 14.3 Å². The molecule has 2 aromatic rings. The van der Waals surface area contributed by atoms with E-state index in [0.29, 0.717) is 11.3 Å². The van der Waals surface area contributed by atoms with Gasteiger partial charge in [0, 0.05) is 13.0 Å². The molecule has 6 heteroatoms. The number of carboxylic acids is 1. The van der Waals surface area contributed by atoms with E-state index in [0.717, 1.165) is 0 Å². The van der Waals surface area contributed by atoms with E-state index in [1.807, 2.05) is 6.07 Å². The van der Waals surface area contributed by atoms with Gasteiger partial charge in [0.05, 0.1) is 5.69 Å². The van der Waals surface area contributed by atoms with Crippen LogP contribution in [0.4, 0.5) is 4.39 Å². The number of aromatic nitrogens is 1. The Hall–Kier alpha value is -2.94. The quantitative estimate of drug-likeness (QED) is 0.919. The smallest absolute Gasteiger partial charge is 0.303 e. The zero-order chi connectivity index (χ0) is 16.1. The van der Waals surface area contributed by atoms with Gasteiger partial charge < -0.3 is 9.67 Å². The zero-order valence-corrected chi connectivity index (χ0v) is 11.6. The third kappa shape index (κ3) is 3.38. The lowest BCUT2D eigenvalue weighted by molar-refractivity contribution is -0.137. The fourth-order valence-corrected chi connectivity index (χ4v) is 2.15. The van der Waals surface area contributed by atoms with Crippen molar-refractivity contribution in [2.45, 2.75) is 19.4 Å². The summed E-state index contributed by atoms with van der Waals surface area (Å²) in [5.41, 5.74) is 0.656. The summed E-state index contributed by atoms with van der Waals surface area (Å²) in [7, 11) is 0. The van der Waals surface area contributed by atoms with Crippen LogP contribution in [0.25, 0.3) is 11.3 Å².